The van der Waals surface area contributed by atoms with Crippen molar-refractivity contribution in [1.29, 1.82) is 0 Å². The van der Waals surface area contributed by atoms with Crippen LogP contribution >= 0.6 is 15.9 Å². The van der Waals surface area contributed by atoms with Gasteiger partial charge >= 0.3 is 0 Å². The minimum Gasteiger partial charge on any atom is -0.278 e. The molecule has 0 fully saturated rings. The van der Waals surface area contributed by atoms with Crippen molar-refractivity contribution in [2.45, 2.75) is 10.9 Å². The molecule has 2 aromatic carbocycles. The lowest BCUT2D eigenvalue weighted by Gasteiger charge is -2.33. The first kappa shape index (κ1) is 18.8. The Morgan fingerprint density at radius 2 is 1.82 bits per heavy atom. The summed E-state index contributed by atoms with van der Waals surface area (Å²) in [5, 5.41) is 6.67. The van der Waals surface area contributed by atoms with Gasteiger partial charge in [0.2, 0.25) is 0 Å². The van der Waals surface area contributed by atoms with Crippen LogP contribution in [0.15, 0.2) is 58.2 Å². The molecule has 28 heavy (non-hydrogen) atoms. The number of hydrogen-bond donors (Lipinski definition) is 1. The van der Waals surface area contributed by atoms with E-state index in [0.29, 0.717) is 22.9 Å². The third kappa shape index (κ3) is 2.92. The fourth-order valence-electron chi connectivity index (χ4n) is 3.04. The molecule has 0 amide bonds. The molecule has 1 atom stereocenters. The van der Waals surface area contributed by atoms with Gasteiger partial charge in [0.25, 0.3) is 10.0 Å². The fraction of sp³-hybridized carbons (Fsp3) is 0.0556. The predicted octanol–water partition coefficient (Wildman–Crippen LogP) is 4.35. The van der Waals surface area contributed by atoms with Gasteiger partial charge in [-0.25, -0.2) is 21.6 Å². The summed E-state index contributed by atoms with van der Waals surface area (Å²) in [6.45, 7) is 0. The van der Waals surface area contributed by atoms with Crippen LogP contribution in [0.4, 0.5) is 13.2 Å². The van der Waals surface area contributed by atoms with Crippen molar-refractivity contribution < 1.29 is 21.6 Å². The van der Waals surface area contributed by atoms with E-state index in [0.717, 1.165) is 16.4 Å². The van der Waals surface area contributed by atoms with E-state index in [1.54, 1.807) is 6.07 Å². The molecule has 3 aromatic rings. The molecule has 0 aliphatic carbocycles. The fourth-order valence-corrected chi connectivity index (χ4v) is 4.98. The highest BCUT2D eigenvalue weighted by molar-refractivity contribution is 9.10. The summed E-state index contributed by atoms with van der Waals surface area (Å²) in [4.78, 5) is -0.430. The van der Waals surface area contributed by atoms with E-state index >= 15 is 0 Å². The number of aromatic amines is 1. The maximum absolute atomic E-state index is 14.1. The van der Waals surface area contributed by atoms with E-state index < -0.39 is 38.4 Å². The molecular formula is C18H11BrF3N3O2S. The number of aromatic nitrogens is 2. The number of fused-ring (bicyclic) bond motifs is 1. The number of nitrogens with one attached hydrogen (secondary N) is 1. The third-order valence-electron chi connectivity index (χ3n) is 4.38. The molecule has 0 saturated carbocycles. The first-order chi connectivity index (χ1) is 13.3. The Balaban J connectivity index is 1.91. The van der Waals surface area contributed by atoms with Crippen molar-refractivity contribution in [2.75, 3.05) is 0 Å². The van der Waals surface area contributed by atoms with Crippen molar-refractivity contribution in [3.63, 3.8) is 0 Å². The van der Waals surface area contributed by atoms with E-state index in [9.17, 15) is 21.6 Å². The van der Waals surface area contributed by atoms with Gasteiger partial charge in [-0.1, -0.05) is 12.1 Å². The second kappa shape index (κ2) is 6.78. The lowest BCUT2D eigenvalue weighted by atomic mass is 9.97. The smallest absolute Gasteiger partial charge is 0.264 e. The molecule has 1 aliphatic heterocycles. The van der Waals surface area contributed by atoms with Crippen molar-refractivity contribution in [2.24, 2.45) is 0 Å². The lowest BCUT2D eigenvalue weighted by Crippen LogP contribution is -2.33. The van der Waals surface area contributed by atoms with E-state index in [4.69, 9.17) is 0 Å². The number of hydrogen-bond acceptors (Lipinski definition) is 3. The molecule has 1 aromatic heterocycles. The van der Waals surface area contributed by atoms with Gasteiger partial charge in [-0.05, 0) is 51.8 Å². The SMILES string of the molecule is O=S(=O)(c1ccc(F)c(F)c1)N1C=Cc2[nH]ncc2C1c1cccc(F)c1Br. The summed E-state index contributed by atoms with van der Waals surface area (Å²) in [5.74, 6) is -3.01. The maximum atomic E-state index is 14.1. The summed E-state index contributed by atoms with van der Waals surface area (Å²) < 4.78 is 68.5. The number of halogens is 4. The van der Waals surface area contributed by atoms with Crippen LogP contribution in [-0.4, -0.2) is 22.9 Å². The van der Waals surface area contributed by atoms with Gasteiger partial charge in [0.1, 0.15) is 5.82 Å². The molecule has 1 unspecified atom stereocenters. The minimum atomic E-state index is -4.29. The van der Waals surface area contributed by atoms with Gasteiger partial charge < -0.3 is 0 Å². The van der Waals surface area contributed by atoms with Crippen molar-refractivity contribution in [3.8, 4) is 0 Å². The van der Waals surface area contributed by atoms with Gasteiger partial charge in [0, 0.05) is 11.8 Å². The van der Waals surface area contributed by atoms with Gasteiger partial charge in [-0.3, -0.25) is 9.40 Å². The summed E-state index contributed by atoms with van der Waals surface area (Å²) in [5.41, 5.74) is 1.37. The summed E-state index contributed by atoms with van der Waals surface area (Å²) in [7, 11) is -4.29. The highest BCUT2D eigenvalue weighted by Gasteiger charge is 2.37. The molecule has 4 rings (SSSR count). The summed E-state index contributed by atoms with van der Waals surface area (Å²) in [6, 6.07) is 5.62. The van der Waals surface area contributed by atoms with Gasteiger partial charge in [0.05, 0.1) is 27.3 Å². The Kier molecular flexibility index (Phi) is 4.54. The average Bonchev–Trinajstić information content (AvgIpc) is 3.14. The zero-order valence-electron chi connectivity index (χ0n) is 13.9. The van der Waals surface area contributed by atoms with E-state index in [1.165, 1.54) is 30.6 Å². The van der Waals surface area contributed by atoms with Gasteiger partial charge in [-0.2, -0.15) is 5.10 Å². The van der Waals surface area contributed by atoms with Crippen LogP contribution < -0.4 is 0 Å². The van der Waals surface area contributed by atoms with Crippen LogP contribution in [0.2, 0.25) is 0 Å². The standard InChI is InChI=1S/C18H11BrF3N3O2S/c19-17-11(2-1-3-14(17)21)18-12-9-23-24-16(12)6-7-25(18)28(26,27)10-4-5-13(20)15(22)8-10/h1-9,18H,(H,23,24). The Labute approximate surface area is 166 Å². The molecule has 144 valence electrons. The molecule has 10 heteroatoms. The van der Waals surface area contributed by atoms with Crippen LogP contribution in [0, 0.1) is 17.5 Å². The molecule has 1 N–H and O–H groups in total. The highest BCUT2D eigenvalue weighted by atomic mass is 79.9. The first-order valence-electron chi connectivity index (χ1n) is 7.94. The van der Waals surface area contributed by atoms with Gasteiger partial charge in [-0.15, -0.1) is 0 Å². The highest BCUT2D eigenvalue weighted by Crippen LogP contribution is 2.41. The average molecular weight is 470 g/mol. The maximum Gasteiger partial charge on any atom is 0.264 e. The first-order valence-corrected chi connectivity index (χ1v) is 10.2. The Morgan fingerprint density at radius 1 is 1.04 bits per heavy atom. The molecule has 0 radical (unpaired) electrons. The van der Waals surface area contributed by atoms with Crippen LogP contribution in [0.3, 0.4) is 0 Å². The van der Waals surface area contributed by atoms with E-state index in [1.807, 2.05) is 0 Å². The summed E-state index contributed by atoms with van der Waals surface area (Å²) >= 11 is 3.17. The molecular weight excluding hydrogens is 459 g/mol. The third-order valence-corrected chi connectivity index (χ3v) is 6.95. The minimum absolute atomic E-state index is 0.0907. The van der Waals surface area contributed by atoms with Crippen molar-refractivity contribution in [3.05, 3.63) is 87.5 Å². The Bertz CT molecular complexity index is 1210. The normalized spacial score (nSPS) is 16.3. The van der Waals surface area contributed by atoms with Crippen molar-refractivity contribution >= 4 is 32.0 Å². The van der Waals surface area contributed by atoms with Crippen LogP contribution in [-0.2, 0) is 10.0 Å². The lowest BCUT2D eigenvalue weighted by molar-refractivity contribution is 0.442. The van der Waals surface area contributed by atoms with E-state index in [2.05, 4.69) is 26.1 Å². The number of rotatable bonds is 3. The number of nitrogens with zero attached hydrogens (tertiary/aromatic N) is 2. The summed E-state index contributed by atoms with van der Waals surface area (Å²) in [6.07, 6.45) is 4.21. The van der Waals surface area contributed by atoms with Crippen LogP contribution in [0.5, 0.6) is 0 Å². The zero-order chi connectivity index (χ0) is 20.1. The Hall–Kier alpha value is -2.59. The molecule has 5 nitrogen and oxygen atoms in total. The largest absolute Gasteiger partial charge is 0.278 e. The Morgan fingerprint density at radius 3 is 2.57 bits per heavy atom. The number of sulfonamides is 1. The molecule has 0 spiro atoms. The van der Waals surface area contributed by atoms with Crippen LogP contribution in [0.25, 0.3) is 6.08 Å². The number of benzene rings is 2. The van der Waals surface area contributed by atoms with Crippen LogP contribution in [0.1, 0.15) is 22.9 Å². The zero-order valence-corrected chi connectivity index (χ0v) is 16.3. The molecule has 2 heterocycles. The second-order valence-electron chi connectivity index (χ2n) is 6.01. The molecule has 1 aliphatic rings. The number of H-pyrrole nitrogens is 1. The second-order valence-corrected chi connectivity index (χ2v) is 8.65. The van der Waals surface area contributed by atoms with E-state index in [-0.39, 0.29) is 4.47 Å². The molecule has 0 bridgehead atoms. The van der Waals surface area contributed by atoms with Crippen molar-refractivity contribution in [1.82, 2.24) is 14.5 Å². The monoisotopic (exact) mass is 469 g/mol. The predicted molar refractivity (Wildman–Crippen MR) is 98.9 cm³/mol. The molecule has 0 saturated heterocycles. The topological polar surface area (TPSA) is 66.1 Å². The van der Waals surface area contributed by atoms with Gasteiger partial charge in [0.15, 0.2) is 11.6 Å². The quantitative estimate of drug-likeness (QED) is 0.619.